The molecule has 1 aliphatic heterocycles. The second-order valence-electron chi connectivity index (χ2n) is 5.42. The average molecular weight is 291 g/mol. The van der Waals surface area contributed by atoms with Crippen LogP contribution in [0.3, 0.4) is 0 Å². The van der Waals surface area contributed by atoms with Crippen LogP contribution in [-0.2, 0) is 11.2 Å². The Kier molecular flexibility index (Phi) is 4.98. The van der Waals surface area contributed by atoms with Gasteiger partial charge in [0.1, 0.15) is 17.5 Å². The maximum absolute atomic E-state index is 11.7. The molecule has 0 spiro atoms. The van der Waals surface area contributed by atoms with E-state index in [1.54, 1.807) is 7.05 Å². The zero-order chi connectivity index (χ0) is 15.4. The number of aromatic nitrogens is 2. The van der Waals surface area contributed by atoms with Gasteiger partial charge in [0.15, 0.2) is 0 Å². The summed E-state index contributed by atoms with van der Waals surface area (Å²) in [5.41, 5.74) is 1.08. The van der Waals surface area contributed by atoms with Crippen molar-refractivity contribution in [2.75, 3.05) is 37.4 Å². The van der Waals surface area contributed by atoms with E-state index < -0.39 is 0 Å². The van der Waals surface area contributed by atoms with Crippen molar-refractivity contribution in [2.45, 2.75) is 33.1 Å². The fraction of sp³-hybridized carbons (Fsp3) is 0.667. The zero-order valence-corrected chi connectivity index (χ0v) is 13.4. The van der Waals surface area contributed by atoms with Crippen molar-refractivity contribution in [3.8, 4) is 0 Å². The number of rotatable bonds is 4. The predicted molar refractivity (Wildman–Crippen MR) is 84.7 cm³/mol. The molecule has 2 N–H and O–H groups in total. The number of hydrogen-bond donors (Lipinski definition) is 2. The Morgan fingerprint density at radius 1 is 1.29 bits per heavy atom. The summed E-state index contributed by atoms with van der Waals surface area (Å²) < 4.78 is 0. The molecule has 116 valence electrons. The molecule has 6 nitrogen and oxygen atoms in total. The van der Waals surface area contributed by atoms with Gasteiger partial charge in [0, 0.05) is 45.1 Å². The lowest BCUT2D eigenvalue weighted by molar-refractivity contribution is -0.125. The SMILES string of the molecule is CCc1nc(NC)c(C)c(N2CCC(C(=O)NC)CC2)n1. The van der Waals surface area contributed by atoms with Crippen LogP contribution >= 0.6 is 0 Å². The van der Waals surface area contributed by atoms with E-state index in [4.69, 9.17) is 0 Å². The van der Waals surface area contributed by atoms with Crippen LogP contribution in [0.25, 0.3) is 0 Å². The molecule has 1 aliphatic rings. The molecular weight excluding hydrogens is 266 g/mol. The first kappa shape index (κ1) is 15.5. The number of piperidine rings is 1. The minimum atomic E-state index is 0.128. The third-order valence-corrected chi connectivity index (χ3v) is 4.13. The van der Waals surface area contributed by atoms with Crippen LogP contribution in [-0.4, -0.2) is 43.1 Å². The summed E-state index contributed by atoms with van der Waals surface area (Å²) in [6.45, 7) is 5.83. The molecule has 1 saturated heterocycles. The van der Waals surface area contributed by atoms with Crippen LogP contribution in [0.2, 0.25) is 0 Å². The topological polar surface area (TPSA) is 70.2 Å². The number of amides is 1. The zero-order valence-electron chi connectivity index (χ0n) is 13.4. The number of carbonyl (C=O) groups excluding carboxylic acids is 1. The van der Waals surface area contributed by atoms with Crippen molar-refractivity contribution in [1.29, 1.82) is 0 Å². The van der Waals surface area contributed by atoms with E-state index in [1.165, 1.54) is 0 Å². The number of nitrogens with one attached hydrogen (secondary N) is 2. The molecule has 0 aliphatic carbocycles. The summed E-state index contributed by atoms with van der Waals surface area (Å²) >= 11 is 0. The molecule has 0 bridgehead atoms. The molecule has 1 aromatic rings. The lowest BCUT2D eigenvalue weighted by Gasteiger charge is -2.33. The normalized spacial score (nSPS) is 15.9. The lowest BCUT2D eigenvalue weighted by atomic mass is 9.96. The van der Waals surface area contributed by atoms with E-state index in [9.17, 15) is 4.79 Å². The first-order chi connectivity index (χ1) is 10.1. The Bertz CT molecular complexity index is 509. The second kappa shape index (κ2) is 6.74. The summed E-state index contributed by atoms with van der Waals surface area (Å²) in [7, 11) is 3.59. The maximum Gasteiger partial charge on any atom is 0.222 e. The smallest absolute Gasteiger partial charge is 0.222 e. The summed E-state index contributed by atoms with van der Waals surface area (Å²) in [6.07, 6.45) is 2.57. The Hall–Kier alpha value is -1.85. The molecular formula is C15H25N5O. The Morgan fingerprint density at radius 3 is 2.48 bits per heavy atom. The second-order valence-corrected chi connectivity index (χ2v) is 5.42. The van der Waals surface area contributed by atoms with E-state index in [0.29, 0.717) is 0 Å². The van der Waals surface area contributed by atoms with Crippen molar-refractivity contribution >= 4 is 17.5 Å². The molecule has 6 heteroatoms. The van der Waals surface area contributed by atoms with Gasteiger partial charge in [-0.3, -0.25) is 4.79 Å². The van der Waals surface area contributed by atoms with Crippen LogP contribution in [0, 0.1) is 12.8 Å². The number of hydrogen-bond acceptors (Lipinski definition) is 5. The molecule has 1 amide bonds. The van der Waals surface area contributed by atoms with Gasteiger partial charge in [-0.1, -0.05) is 6.92 Å². The quantitative estimate of drug-likeness (QED) is 0.876. The summed E-state index contributed by atoms with van der Waals surface area (Å²) in [5, 5.41) is 5.89. The Morgan fingerprint density at radius 2 is 1.95 bits per heavy atom. The molecule has 2 heterocycles. The van der Waals surface area contributed by atoms with Crippen LogP contribution in [0.4, 0.5) is 11.6 Å². The van der Waals surface area contributed by atoms with Crippen molar-refractivity contribution in [2.24, 2.45) is 5.92 Å². The van der Waals surface area contributed by atoms with Gasteiger partial charge in [0.25, 0.3) is 0 Å². The van der Waals surface area contributed by atoms with Gasteiger partial charge in [0.05, 0.1) is 0 Å². The van der Waals surface area contributed by atoms with Gasteiger partial charge >= 0.3 is 0 Å². The fourth-order valence-electron chi connectivity index (χ4n) is 2.82. The molecule has 1 aromatic heterocycles. The molecule has 0 radical (unpaired) electrons. The van der Waals surface area contributed by atoms with E-state index in [1.807, 2.05) is 14.0 Å². The summed E-state index contributed by atoms with van der Waals surface area (Å²) in [5.74, 6) is 3.03. The standard InChI is InChI=1S/C15H25N5O/c1-5-12-18-13(16-3)10(2)14(19-12)20-8-6-11(7-9-20)15(21)17-4/h11H,5-9H2,1-4H3,(H,17,21)(H,16,18,19). The lowest BCUT2D eigenvalue weighted by Crippen LogP contribution is -2.40. The van der Waals surface area contributed by atoms with E-state index in [2.05, 4.69) is 32.4 Å². The summed E-state index contributed by atoms with van der Waals surface area (Å²) in [4.78, 5) is 23.2. The van der Waals surface area contributed by atoms with Crippen molar-refractivity contribution < 1.29 is 4.79 Å². The molecule has 21 heavy (non-hydrogen) atoms. The third-order valence-electron chi connectivity index (χ3n) is 4.13. The number of aryl methyl sites for hydroxylation is 1. The minimum absolute atomic E-state index is 0.128. The van der Waals surface area contributed by atoms with Crippen molar-refractivity contribution in [1.82, 2.24) is 15.3 Å². The van der Waals surface area contributed by atoms with Crippen molar-refractivity contribution in [3.05, 3.63) is 11.4 Å². The van der Waals surface area contributed by atoms with Crippen LogP contribution in [0.1, 0.15) is 31.2 Å². The highest BCUT2D eigenvalue weighted by molar-refractivity contribution is 5.78. The molecule has 0 aromatic carbocycles. The average Bonchev–Trinajstić information content (AvgIpc) is 2.54. The van der Waals surface area contributed by atoms with Gasteiger partial charge in [-0.15, -0.1) is 0 Å². The molecule has 0 unspecified atom stereocenters. The third kappa shape index (κ3) is 3.25. The van der Waals surface area contributed by atoms with Gasteiger partial charge in [0.2, 0.25) is 5.91 Å². The highest BCUT2D eigenvalue weighted by atomic mass is 16.1. The number of anilines is 2. The van der Waals surface area contributed by atoms with E-state index in [0.717, 1.165) is 55.4 Å². The van der Waals surface area contributed by atoms with Gasteiger partial charge < -0.3 is 15.5 Å². The highest BCUT2D eigenvalue weighted by Gasteiger charge is 2.26. The van der Waals surface area contributed by atoms with Gasteiger partial charge in [-0.2, -0.15) is 0 Å². The Balaban J connectivity index is 2.18. The van der Waals surface area contributed by atoms with E-state index >= 15 is 0 Å². The first-order valence-corrected chi connectivity index (χ1v) is 7.62. The van der Waals surface area contributed by atoms with E-state index in [-0.39, 0.29) is 11.8 Å². The molecule has 2 rings (SSSR count). The molecule has 1 fully saturated rings. The van der Waals surface area contributed by atoms with Crippen molar-refractivity contribution in [3.63, 3.8) is 0 Å². The highest BCUT2D eigenvalue weighted by Crippen LogP contribution is 2.27. The predicted octanol–water partition coefficient (Wildman–Crippen LogP) is 1.35. The van der Waals surface area contributed by atoms with Gasteiger partial charge in [-0.05, 0) is 19.8 Å². The summed E-state index contributed by atoms with van der Waals surface area (Å²) in [6, 6.07) is 0. The monoisotopic (exact) mass is 291 g/mol. The molecule has 0 atom stereocenters. The fourth-order valence-corrected chi connectivity index (χ4v) is 2.82. The Labute approximate surface area is 126 Å². The molecule has 0 saturated carbocycles. The van der Waals surface area contributed by atoms with Crippen LogP contribution in [0.5, 0.6) is 0 Å². The van der Waals surface area contributed by atoms with Gasteiger partial charge in [-0.25, -0.2) is 9.97 Å². The maximum atomic E-state index is 11.7. The number of nitrogens with zero attached hydrogens (tertiary/aromatic N) is 3. The van der Waals surface area contributed by atoms with Crippen LogP contribution < -0.4 is 15.5 Å². The number of carbonyl (C=O) groups is 1. The first-order valence-electron chi connectivity index (χ1n) is 7.62. The minimum Gasteiger partial charge on any atom is -0.373 e. The van der Waals surface area contributed by atoms with Crippen LogP contribution in [0.15, 0.2) is 0 Å². The largest absolute Gasteiger partial charge is 0.373 e.